The number of nitrogens with one attached hydrogen (secondary N) is 3. The Kier molecular flexibility index (Phi) is 6.61. The maximum Gasteiger partial charge on any atom is 0.328 e. The van der Waals surface area contributed by atoms with Gasteiger partial charge in [0.1, 0.15) is 6.04 Å². The van der Waals surface area contributed by atoms with E-state index in [1.807, 2.05) is 24.3 Å². The fraction of sp³-hybridized carbons (Fsp3) is 0.250. The van der Waals surface area contributed by atoms with Gasteiger partial charge in [-0.1, -0.05) is 53.5 Å². The third kappa shape index (κ3) is 4.99. The molecule has 1 aliphatic rings. The Morgan fingerprint density at radius 2 is 1.76 bits per heavy atom. The molecule has 0 aliphatic heterocycles. The number of carbonyl (C=O) groups is 3. The predicted molar refractivity (Wildman–Crippen MR) is 109 cm³/mol. The van der Waals surface area contributed by atoms with E-state index >= 15 is 0 Å². The molecule has 0 spiro atoms. The molecule has 0 saturated heterocycles. The number of fused-ring (bicyclic) bond motifs is 1. The van der Waals surface area contributed by atoms with E-state index in [9.17, 15) is 19.5 Å². The number of rotatable bonds is 6. The van der Waals surface area contributed by atoms with E-state index in [1.165, 1.54) is 17.7 Å². The first-order valence-electron chi connectivity index (χ1n) is 8.96. The fourth-order valence-corrected chi connectivity index (χ4v) is 3.83. The van der Waals surface area contributed by atoms with Gasteiger partial charge in [0.15, 0.2) is 0 Å². The molecular formula is C20H19Cl2N3O4. The topological polar surface area (TPSA) is 108 Å². The van der Waals surface area contributed by atoms with Gasteiger partial charge >= 0.3 is 12.0 Å². The number of aliphatic carboxylic acids is 1. The molecule has 0 heterocycles. The number of amides is 3. The van der Waals surface area contributed by atoms with Gasteiger partial charge in [0, 0.05) is 0 Å². The zero-order chi connectivity index (χ0) is 21.0. The quantitative estimate of drug-likeness (QED) is 0.558. The van der Waals surface area contributed by atoms with Crippen LogP contribution < -0.4 is 16.0 Å². The van der Waals surface area contributed by atoms with Crippen LogP contribution in [0.5, 0.6) is 0 Å². The van der Waals surface area contributed by atoms with E-state index in [0.717, 1.165) is 18.4 Å². The minimum Gasteiger partial charge on any atom is -0.480 e. The summed E-state index contributed by atoms with van der Waals surface area (Å²) in [6.45, 7) is -0.302. The van der Waals surface area contributed by atoms with Crippen molar-refractivity contribution in [3.8, 4) is 0 Å². The van der Waals surface area contributed by atoms with Crippen molar-refractivity contribution in [3.63, 3.8) is 0 Å². The molecule has 29 heavy (non-hydrogen) atoms. The second-order valence-corrected chi connectivity index (χ2v) is 7.42. The maximum atomic E-state index is 12.4. The van der Waals surface area contributed by atoms with Crippen LogP contribution in [-0.4, -0.2) is 35.6 Å². The average Bonchev–Trinajstić information content (AvgIpc) is 3.07. The first-order valence-corrected chi connectivity index (χ1v) is 9.72. The Morgan fingerprint density at radius 3 is 2.45 bits per heavy atom. The Morgan fingerprint density at radius 1 is 1.07 bits per heavy atom. The lowest BCUT2D eigenvalue weighted by Crippen LogP contribution is -2.50. The minimum atomic E-state index is -1.35. The van der Waals surface area contributed by atoms with Crippen LogP contribution in [0.15, 0.2) is 42.5 Å². The van der Waals surface area contributed by atoms with Crippen LogP contribution in [0.4, 0.5) is 4.79 Å². The van der Waals surface area contributed by atoms with Crippen LogP contribution in [0.25, 0.3) is 0 Å². The maximum absolute atomic E-state index is 12.4. The predicted octanol–water partition coefficient (Wildman–Crippen LogP) is 3.16. The van der Waals surface area contributed by atoms with Crippen molar-refractivity contribution in [2.45, 2.75) is 24.9 Å². The molecule has 0 saturated carbocycles. The first-order chi connectivity index (χ1) is 13.9. The van der Waals surface area contributed by atoms with Gasteiger partial charge in [-0.3, -0.25) is 4.79 Å². The highest BCUT2D eigenvalue weighted by Gasteiger charge is 2.26. The number of benzene rings is 2. The smallest absolute Gasteiger partial charge is 0.328 e. The molecule has 2 atom stereocenters. The van der Waals surface area contributed by atoms with Gasteiger partial charge in [-0.2, -0.15) is 0 Å². The highest BCUT2D eigenvalue weighted by molar-refractivity contribution is 6.39. The average molecular weight is 436 g/mol. The second kappa shape index (κ2) is 9.15. The van der Waals surface area contributed by atoms with Gasteiger partial charge in [0.05, 0.1) is 28.2 Å². The van der Waals surface area contributed by atoms with Crippen LogP contribution in [0.2, 0.25) is 10.0 Å². The summed E-state index contributed by atoms with van der Waals surface area (Å²) < 4.78 is 0. The van der Waals surface area contributed by atoms with Crippen molar-refractivity contribution >= 4 is 41.1 Å². The second-order valence-electron chi connectivity index (χ2n) is 6.61. The summed E-state index contributed by atoms with van der Waals surface area (Å²) in [7, 11) is 0. The largest absolute Gasteiger partial charge is 0.480 e. The van der Waals surface area contributed by atoms with Gasteiger partial charge in [-0.15, -0.1) is 0 Å². The molecule has 3 rings (SSSR count). The molecule has 3 amide bonds. The van der Waals surface area contributed by atoms with Crippen LogP contribution in [-0.2, 0) is 11.2 Å². The Labute approximate surface area is 177 Å². The molecular weight excluding hydrogens is 417 g/mol. The number of urea groups is 1. The molecule has 0 fully saturated rings. The zero-order valence-corrected chi connectivity index (χ0v) is 16.8. The monoisotopic (exact) mass is 435 g/mol. The molecule has 9 heteroatoms. The number of halogens is 2. The van der Waals surface area contributed by atoms with E-state index in [2.05, 4.69) is 16.0 Å². The zero-order valence-electron chi connectivity index (χ0n) is 15.2. The number of carbonyl (C=O) groups excluding carboxylic acids is 2. The van der Waals surface area contributed by atoms with E-state index < -0.39 is 23.9 Å². The highest BCUT2D eigenvalue weighted by Crippen LogP contribution is 2.30. The SMILES string of the molecule is O=C(NC[C@H](NC(=O)c1c(Cl)cccc1Cl)C(=O)O)N[C@@H]1CCc2ccccc21. The molecule has 7 nitrogen and oxygen atoms in total. The van der Waals surface area contributed by atoms with Gasteiger partial charge in [-0.25, -0.2) is 9.59 Å². The summed E-state index contributed by atoms with van der Waals surface area (Å²) in [5.74, 6) is -2.03. The summed E-state index contributed by atoms with van der Waals surface area (Å²) in [6, 6.07) is 10.4. The summed E-state index contributed by atoms with van der Waals surface area (Å²) in [5.41, 5.74) is 2.22. The van der Waals surface area contributed by atoms with Gasteiger partial charge in [-0.05, 0) is 36.1 Å². The van der Waals surface area contributed by atoms with E-state index in [4.69, 9.17) is 23.2 Å². The third-order valence-corrected chi connectivity index (χ3v) is 5.33. The molecule has 152 valence electrons. The number of carboxylic acids is 1. The van der Waals surface area contributed by atoms with Crippen LogP contribution in [0, 0.1) is 0 Å². The standard InChI is InChI=1S/C20H19Cl2N3O4/c21-13-6-3-7-14(22)17(13)18(26)24-16(19(27)28)10-23-20(29)25-15-9-8-11-4-1-2-5-12(11)15/h1-7,15-16H,8-10H2,(H,24,26)(H,27,28)(H2,23,25,29)/t15-,16+/m1/s1. The lowest BCUT2D eigenvalue weighted by molar-refractivity contribution is -0.139. The van der Waals surface area contributed by atoms with Crippen molar-refractivity contribution in [1.29, 1.82) is 0 Å². The Balaban J connectivity index is 1.58. The van der Waals surface area contributed by atoms with Gasteiger partial charge in [0.25, 0.3) is 5.91 Å². The summed E-state index contributed by atoms with van der Waals surface area (Å²) in [5, 5.41) is 17.2. The molecule has 4 N–H and O–H groups in total. The number of aryl methyl sites for hydroxylation is 1. The summed E-state index contributed by atoms with van der Waals surface area (Å²) in [4.78, 5) is 36.1. The highest BCUT2D eigenvalue weighted by atomic mass is 35.5. The van der Waals surface area contributed by atoms with Crippen LogP contribution in [0.3, 0.4) is 0 Å². The summed E-state index contributed by atoms with van der Waals surface area (Å²) >= 11 is 12.0. The number of hydrogen-bond donors (Lipinski definition) is 4. The molecule has 0 bridgehead atoms. The van der Waals surface area contributed by atoms with E-state index in [0.29, 0.717) is 0 Å². The molecule has 2 aromatic rings. The number of hydrogen-bond acceptors (Lipinski definition) is 3. The summed E-state index contributed by atoms with van der Waals surface area (Å²) in [6.07, 6.45) is 1.64. The van der Waals surface area contributed by atoms with Crippen molar-refractivity contribution in [2.75, 3.05) is 6.54 Å². The lowest BCUT2D eigenvalue weighted by Gasteiger charge is -2.18. The molecule has 0 radical (unpaired) electrons. The molecule has 0 unspecified atom stereocenters. The van der Waals surface area contributed by atoms with Gasteiger partial charge < -0.3 is 21.1 Å². The van der Waals surface area contributed by atoms with Crippen molar-refractivity contribution < 1.29 is 19.5 Å². The lowest BCUT2D eigenvalue weighted by atomic mass is 10.1. The van der Waals surface area contributed by atoms with Crippen LogP contribution >= 0.6 is 23.2 Å². The first kappa shape index (κ1) is 21.0. The van der Waals surface area contributed by atoms with Crippen molar-refractivity contribution in [2.24, 2.45) is 0 Å². The number of carboxylic acid groups (broad SMARTS) is 1. The van der Waals surface area contributed by atoms with E-state index in [-0.39, 0.29) is 28.2 Å². The van der Waals surface area contributed by atoms with Crippen molar-refractivity contribution in [1.82, 2.24) is 16.0 Å². The fourth-order valence-electron chi connectivity index (χ4n) is 3.26. The normalized spacial score (nSPS) is 15.9. The molecule has 1 aliphatic carbocycles. The van der Waals surface area contributed by atoms with E-state index in [1.54, 1.807) is 6.07 Å². The van der Waals surface area contributed by atoms with Crippen molar-refractivity contribution in [3.05, 3.63) is 69.2 Å². The minimum absolute atomic E-state index is 0.0194. The van der Waals surface area contributed by atoms with Crippen LogP contribution in [0.1, 0.15) is 33.9 Å². The van der Waals surface area contributed by atoms with Gasteiger partial charge in [0.2, 0.25) is 0 Å². The molecule has 2 aromatic carbocycles. The molecule has 0 aromatic heterocycles. The third-order valence-electron chi connectivity index (χ3n) is 4.70. The Bertz CT molecular complexity index is 931. The Hall–Kier alpha value is -2.77.